The number of nitrogens with one attached hydrogen (secondary N) is 1. The van der Waals surface area contributed by atoms with Crippen molar-refractivity contribution in [3.8, 4) is 6.07 Å². The van der Waals surface area contributed by atoms with E-state index in [1.165, 1.54) is 13.3 Å². The third-order valence-corrected chi connectivity index (χ3v) is 4.10. The van der Waals surface area contributed by atoms with Crippen molar-refractivity contribution in [2.45, 2.75) is 13.3 Å². The first kappa shape index (κ1) is 20.6. The summed E-state index contributed by atoms with van der Waals surface area (Å²) >= 11 is 0. The van der Waals surface area contributed by atoms with Crippen LogP contribution in [-0.2, 0) is 16.0 Å². The summed E-state index contributed by atoms with van der Waals surface area (Å²) in [6.45, 7) is 3.24. The molecule has 0 atom stereocenters. The van der Waals surface area contributed by atoms with E-state index in [0.717, 1.165) is 12.0 Å². The lowest BCUT2D eigenvalue weighted by atomic mass is 10.1. The van der Waals surface area contributed by atoms with Crippen molar-refractivity contribution >= 4 is 17.6 Å². The predicted molar refractivity (Wildman–Crippen MR) is 105 cm³/mol. The summed E-state index contributed by atoms with van der Waals surface area (Å²) in [6.07, 6.45) is 5.76. The number of anilines is 1. The topological polar surface area (TPSA) is 95.3 Å². The molecule has 1 heterocycles. The molecule has 0 spiro atoms. The lowest BCUT2D eigenvalue weighted by Gasteiger charge is -2.19. The van der Waals surface area contributed by atoms with E-state index >= 15 is 0 Å². The molecule has 1 aromatic heterocycles. The van der Waals surface area contributed by atoms with Crippen LogP contribution in [0.25, 0.3) is 0 Å². The zero-order valence-electron chi connectivity index (χ0n) is 15.9. The van der Waals surface area contributed by atoms with E-state index in [1.807, 2.05) is 30.0 Å². The van der Waals surface area contributed by atoms with Crippen LogP contribution in [0.5, 0.6) is 0 Å². The number of carbonyl (C=O) groups excluding carboxylic acids is 2. The molecule has 0 radical (unpaired) electrons. The summed E-state index contributed by atoms with van der Waals surface area (Å²) in [5.74, 6) is -1.15. The molecule has 0 bridgehead atoms. The lowest BCUT2D eigenvalue weighted by Crippen LogP contribution is -2.23. The molecule has 2 aromatic rings. The quantitative estimate of drug-likeness (QED) is 0.431. The number of nitriles is 1. The van der Waals surface area contributed by atoms with Crippen molar-refractivity contribution in [1.82, 2.24) is 9.88 Å². The summed E-state index contributed by atoms with van der Waals surface area (Å²) in [6, 6.07) is 12.3. The average Bonchev–Trinajstić information content (AvgIpc) is 2.74. The van der Waals surface area contributed by atoms with Gasteiger partial charge in [0, 0.05) is 31.7 Å². The van der Waals surface area contributed by atoms with Gasteiger partial charge in [-0.05, 0) is 43.2 Å². The molecule has 7 heteroatoms. The molecule has 0 aliphatic rings. The van der Waals surface area contributed by atoms with Crippen LogP contribution < -0.4 is 5.32 Å². The van der Waals surface area contributed by atoms with Gasteiger partial charge in [0.05, 0.1) is 18.4 Å². The Hall–Kier alpha value is -3.66. The Labute approximate surface area is 164 Å². The van der Waals surface area contributed by atoms with Gasteiger partial charge in [-0.1, -0.05) is 12.1 Å². The number of para-hydroxylation sites is 1. The molecule has 0 saturated carbocycles. The number of likely N-dealkylation sites (N-methyl/N-ethyl adjacent to an activating group) is 1. The molecule has 1 amide bonds. The first-order valence-electron chi connectivity index (χ1n) is 8.82. The largest absolute Gasteiger partial charge is 0.465 e. The first-order chi connectivity index (χ1) is 13.6. The average molecular weight is 378 g/mol. The molecular weight excluding hydrogens is 356 g/mol. The molecule has 28 heavy (non-hydrogen) atoms. The van der Waals surface area contributed by atoms with Gasteiger partial charge in [0.15, 0.2) is 0 Å². The van der Waals surface area contributed by atoms with Crippen LogP contribution in [-0.4, -0.2) is 42.0 Å². The highest BCUT2D eigenvalue weighted by Crippen LogP contribution is 2.17. The molecule has 2 rings (SSSR count). The third kappa shape index (κ3) is 5.68. The lowest BCUT2D eigenvalue weighted by molar-refractivity contribution is -0.112. The number of methoxy groups -OCH3 is 1. The van der Waals surface area contributed by atoms with Crippen molar-refractivity contribution in [2.24, 2.45) is 0 Å². The van der Waals surface area contributed by atoms with Gasteiger partial charge in [-0.2, -0.15) is 5.26 Å². The highest BCUT2D eigenvalue weighted by atomic mass is 16.5. The fraction of sp³-hybridized carbons (Fsp3) is 0.238. The zero-order valence-corrected chi connectivity index (χ0v) is 15.9. The highest BCUT2D eigenvalue weighted by molar-refractivity contribution is 6.09. The molecule has 0 unspecified atom stereocenters. The van der Waals surface area contributed by atoms with Gasteiger partial charge in [-0.3, -0.25) is 9.78 Å². The van der Waals surface area contributed by atoms with Crippen LogP contribution in [0.3, 0.4) is 0 Å². The third-order valence-electron chi connectivity index (χ3n) is 4.10. The fourth-order valence-corrected chi connectivity index (χ4v) is 2.53. The normalized spacial score (nSPS) is 10.7. The maximum atomic E-state index is 12.5. The summed E-state index contributed by atoms with van der Waals surface area (Å²) in [4.78, 5) is 30.3. The number of hydrogen-bond donors (Lipinski definition) is 1. The standard InChI is InChI=1S/C21H22N4O3/c1-3-25(13-10-16-8-11-23-12-9-16)15-17(14-22)20(26)24-19-7-5-4-6-18(19)21(27)28-2/h4-9,11-12,15H,3,10,13H2,1-2H3,(H,24,26)/b17-15-. The summed E-state index contributed by atoms with van der Waals surface area (Å²) in [5, 5.41) is 12.0. The van der Waals surface area contributed by atoms with Crippen molar-refractivity contribution in [3.63, 3.8) is 0 Å². The minimum Gasteiger partial charge on any atom is -0.465 e. The molecule has 144 valence electrons. The number of ether oxygens (including phenoxy) is 1. The van der Waals surface area contributed by atoms with E-state index < -0.39 is 11.9 Å². The molecule has 0 aliphatic heterocycles. The summed E-state index contributed by atoms with van der Waals surface area (Å²) in [5.41, 5.74) is 1.59. The summed E-state index contributed by atoms with van der Waals surface area (Å²) < 4.78 is 4.72. The van der Waals surface area contributed by atoms with E-state index in [-0.39, 0.29) is 11.1 Å². The molecule has 0 aliphatic carbocycles. The van der Waals surface area contributed by atoms with Crippen LogP contribution in [0.15, 0.2) is 60.6 Å². The Kier molecular flexibility index (Phi) is 7.73. The van der Waals surface area contributed by atoms with Gasteiger partial charge in [0.1, 0.15) is 11.6 Å². The first-order valence-corrected chi connectivity index (χ1v) is 8.82. The number of hydrogen-bond acceptors (Lipinski definition) is 6. The highest BCUT2D eigenvalue weighted by Gasteiger charge is 2.16. The van der Waals surface area contributed by atoms with Crippen LogP contribution in [0.1, 0.15) is 22.8 Å². The monoisotopic (exact) mass is 378 g/mol. The number of benzene rings is 1. The Morgan fingerprint density at radius 1 is 1.25 bits per heavy atom. The van der Waals surface area contributed by atoms with E-state index in [0.29, 0.717) is 18.8 Å². The van der Waals surface area contributed by atoms with Gasteiger partial charge in [-0.15, -0.1) is 0 Å². The fourth-order valence-electron chi connectivity index (χ4n) is 2.53. The van der Waals surface area contributed by atoms with Crippen molar-refractivity contribution < 1.29 is 14.3 Å². The second kappa shape index (κ2) is 10.5. The SMILES string of the molecule is CCN(/C=C(/C#N)C(=O)Nc1ccccc1C(=O)OC)CCc1ccncc1. The van der Waals surface area contributed by atoms with Crippen molar-refractivity contribution in [2.75, 3.05) is 25.5 Å². The van der Waals surface area contributed by atoms with E-state index in [9.17, 15) is 14.9 Å². The Morgan fingerprint density at radius 3 is 2.61 bits per heavy atom. The van der Waals surface area contributed by atoms with Crippen LogP contribution in [0, 0.1) is 11.3 Å². The van der Waals surface area contributed by atoms with Crippen LogP contribution in [0.4, 0.5) is 5.69 Å². The second-order valence-corrected chi connectivity index (χ2v) is 5.88. The number of carbonyl (C=O) groups is 2. The van der Waals surface area contributed by atoms with Crippen LogP contribution >= 0.6 is 0 Å². The summed E-state index contributed by atoms with van der Waals surface area (Å²) in [7, 11) is 1.27. The smallest absolute Gasteiger partial charge is 0.339 e. The second-order valence-electron chi connectivity index (χ2n) is 5.88. The maximum Gasteiger partial charge on any atom is 0.339 e. The minimum absolute atomic E-state index is 0.0451. The van der Waals surface area contributed by atoms with Crippen LogP contribution in [0.2, 0.25) is 0 Å². The van der Waals surface area contributed by atoms with Crippen molar-refractivity contribution in [1.29, 1.82) is 5.26 Å². The molecule has 0 saturated heterocycles. The maximum absolute atomic E-state index is 12.5. The Balaban J connectivity index is 2.11. The number of amides is 1. The zero-order chi connectivity index (χ0) is 20.4. The van der Waals surface area contributed by atoms with Gasteiger partial charge in [-0.25, -0.2) is 4.79 Å². The van der Waals surface area contributed by atoms with E-state index in [4.69, 9.17) is 4.74 Å². The molecule has 1 N–H and O–H groups in total. The number of aromatic nitrogens is 1. The van der Waals surface area contributed by atoms with E-state index in [1.54, 1.807) is 36.7 Å². The van der Waals surface area contributed by atoms with Gasteiger partial charge < -0.3 is 15.0 Å². The van der Waals surface area contributed by atoms with E-state index in [2.05, 4.69) is 10.3 Å². The molecule has 1 aromatic carbocycles. The number of nitrogens with zero attached hydrogens (tertiary/aromatic N) is 3. The molecule has 0 fully saturated rings. The van der Waals surface area contributed by atoms with Gasteiger partial charge >= 0.3 is 5.97 Å². The Morgan fingerprint density at radius 2 is 1.96 bits per heavy atom. The number of esters is 1. The number of pyridine rings is 1. The van der Waals surface area contributed by atoms with Gasteiger partial charge in [0.25, 0.3) is 5.91 Å². The molecular formula is C21H22N4O3. The number of rotatable bonds is 8. The Bertz CT molecular complexity index is 888. The van der Waals surface area contributed by atoms with Gasteiger partial charge in [0.2, 0.25) is 0 Å². The predicted octanol–water partition coefficient (Wildman–Crippen LogP) is 2.78. The van der Waals surface area contributed by atoms with Crippen molar-refractivity contribution in [3.05, 3.63) is 71.7 Å². The molecule has 7 nitrogen and oxygen atoms in total. The minimum atomic E-state index is -0.582.